The van der Waals surface area contributed by atoms with Crippen molar-refractivity contribution < 1.29 is 19.0 Å². The number of carbonyl (C=O) groups excluding carboxylic acids is 1. The first-order valence-corrected chi connectivity index (χ1v) is 13.4. The van der Waals surface area contributed by atoms with Crippen LogP contribution in [0.1, 0.15) is 11.1 Å². The number of methoxy groups -OCH3 is 2. The zero-order chi connectivity index (χ0) is 25.9. The van der Waals surface area contributed by atoms with Gasteiger partial charge in [-0.15, -0.1) is 0 Å². The number of amides is 1. The Morgan fingerprint density at radius 1 is 0.973 bits per heavy atom. The van der Waals surface area contributed by atoms with Crippen LogP contribution < -0.4 is 19.1 Å². The van der Waals surface area contributed by atoms with E-state index < -0.39 is 0 Å². The van der Waals surface area contributed by atoms with E-state index in [-0.39, 0.29) is 5.91 Å². The van der Waals surface area contributed by atoms with E-state index in [0.29, 0.717) is 38.8 Å². The molecule has 0 bridgehead atoms. The Morgan fingerprint density at radius 3 is 2.49 bits per heavy atom. The van der Waals surface area contributed by atoms with Crippen LogP contribution in [0.5, 0.6) is 17.2 Å². The standard InChI is InChI=1S/C29H22BrNO4S2/c1-33-22-12-10-21(11-13-22)31-28(32)26(37-29(31)36)16-18-14-24(30)27(25(15-18)34-2)35-17-20-8-5-7-19-6-3-4-9-23(19)20/h3-16H,17H2,1-2H3/b26-16+. The Kier molecular flexibility index (Phi) is 7.50. The summed E-state index contributed by atoms with van der Waals surface area (Å²) >= 11 is 10.4. The maximum Gasteiger partial charge on any atom is 0.270 e. The van der Waals surface area contributed by atoms with Crippen molar-refractivity contribution in [3.8, 4) is 17.2 Å². The highest BCUT2D eigenvalue weighted by Crippen LogP contribution is 2.41. The maximum absolute atomic E-state index is 13.2. The molecule has 8 heteroatoms. The van der Waals surface area contributed by atoms with Gasteiger partial charge in [0.25, 0.3) is 5.91 Å². The molecule has 0 unspecified atom stereocenters. The second-order valence-corrected chi connectivity index (χ2v) is 10.7. The van der Waals surface area contributed by atoms with Crippen molar-refractivity contribution in [2.24, 2.45) is 0 Å². The summed E-state index contributed by atoms with van der Waals surface area (Å²) in [5, 5.41) is 2.31. The molecule has 0 saturated carbocycles. The van der Waals surface area contributed by atoms with Crippen LogP contribution in [0.4, 0.5) is 5.69 Å². The van der Waals surface area contributed by atoms with E-state index in [4.69, 9.17) is 26.4 Å². The fourth-order valence-electron chi connectivity index (χ4n) is 4.10. The molecule has 0 atom stereocenters. The SMILES string of the molecule is COc1ccc(N2C(=O)/C(=C\c3cc(Br)c(OCc4cccc5ccccc45)c(OC)c3)SC2=S)cc1. The third-order valence-corrected chi connectivity index (χ3v) is 7.82. The average Bonchev–Trinajstić information content (AvgIpc) is 3.19. The highest BCUT2D eigenvalue weighted by Gasteiger charge is 2.33. The molecule has 1 aliphatic heterocycles. The summed E-state index contributed by atoms with van der Waals surface area (Å²) < 4.78 is 18.3. The fraction of sp³-hybridized carbons (Fsp3) is 0.103. The van der Waals surface area contributed by atoms with E-state index >= 15 is 0 Å². The van der Waals surface area contributed by atoms with E-state index in [1.165, 1.54) is 16.7 Å². The first-order chi connectivity index (χ1) is 18.0. The van der Waals surface area contributed by atoms with E-state index in [1.807, 2.05) is 48.5 Å². The zero-order valence-electron chi connectivity index (χ0n) is 20.1. The van der Waals surface area contributed by atoms with Crippen LogP contribution in [0.2, 0.25) is 0 Å². The minimum Gasteiger partial charge on any atom is -0.497 e. The van der Waals surface area contributed by atoms with Crippen molar-refractivity contribution in [1.82, 2.24) is 0 Å². The molecule has 1 heterocycles. The Morgan fingerprint density at radius 2 is 1.73 bits per heavy atom. The molecule has 4 aromatic carbocycles. The molecule has 4 aromatic rings. The molecule has 5 rings (SSSR count). The molecule has 0 aromatic heterocycles. The highest BCUT2D eigenvalue weighted by atomic mass is 79.9. The third kappa shape index (κ3) is 5.23. The molecule has 0 N–H and O–H groups in total. The predicted octanol–water partition coefficient (Wildman–Crippen LogP) is 7.60. The van der Waals surface area contributed by atoms with E-state index in [2.05, 4.69) is 40.2 Å². The largest absolute Gasteiger partial charge is 0.497 e. The van der Waals surface area contributed by atoms with Gasteiger partial charge in [-0.3, -0.25) is 9.69 Å². The number of ether oxygens (including phenoxy) is 3. The van der Waals surface area contributed by atoms with Gasteiger partial charge in [0.2, 0.25) is 0 Å². The highest BCUT2D eigenvalue weighted by molar-refractivity contribution is 9.10. The van der Waals surface area contributed by atoms with Gasteiger partial charge in [-0.1, -0.05) is 66.4 Å². The van der Waals surface area contributed by atoms with Gasteiger partial charge in [-0.25, -0.2) is 0 Å². The molecule has 0 radical (unpaired) electrons. The van der Waals surface area contributed by atoms with Crippen molar-refractivity contribution in [3.63, 3.8) is 0 Å². The number of hydrogen-bond donors (Lipinski definition) is 0. The molecular formula is C29H22BrNO4S2. The lowest BCUT2D eigenvalue weighted by Gasteiger charge is -2.15. The number of benzene rings is 4. The number of nitrogens with zero attached hydrogens (tertiary/aromatic N) is 1. The minimum absolute atomic E-state index is 0.175. The van der Waals surface area contributed by atoms with E-state index in [0.717, 1.165) is 26.4 Å². The van der Waals surface area contributed by atoms with Gasteiger partial charge in [0.15, 0.2) is 15.8 Å². The predicted molar refractivity (Wildman–Crippen MR) is 158 cm³/mol. The van der Waals surface area contributed by atoms with Gasteiger partial charge < -0.3 is 14.2 Å². The second kappa shape index (κ2) is 11.0. The maximum atomic E-state index is 13.2. The minimum atomic E-state index is -0.175. The number of carbonyl (C=O) groups is 1. The van der Waals surface area contributed by atoms with Gasteiger partial charge in [0.1, 0.15) is 12.4 Å². The first-order valence-electron chi connectivity index (χ1n) is 11.4. The lowest BCUT2D eigenvalue weighted by Crippen LogP contribution is -2.27. The molecule has 37 heavy (non-hydrogen) atoms. The molecule has 186 valence electrons. The third-order valence-electron chi connectivity index (χ3n) is 5.93. The van der Waals surface area contributed by atoms with Gasteiger partial charge in [-0.2, -0.15) is 0 Å². The average molecular weight is 593 g/mol. The summed E-state index contributed by atoms with van der Waals surface area (Å²) in [5.74, 6) is 1.70. The molecule has 1 aliphatic rings. The normalized spacial score (nSPS) is 14.5. The number of hydrogen-bond acceptors (Lipinski definition) is 6. The molecule has 1 fully saturated rings. The van der Waals surface area contributed by atoms with Gasteiger partial charge in [0, 0.05) is 0 Å². The summed E-state index contributed by atoms with van der Waals surface area (Å²) in [4.78, 5) is 15.3. The van der Waals surface area contributed by atoms with Crippen LogP contribution in [0.15, 0.2) is 88.2 Å². The molecular weight excluding hydrogens is 570 g/mol. The van der Waals surface area contributed by atoms with Crippen molar-refractivity contribution in [1.29, 1.82) is 0 Å². The quantitative estimate of drug-likeness (QED) is 0.163. The lowest BCUT2D eigenvalue weighted by molar-refractivity contribution is -0.113. The van der Waals surface area contributed by atoms with Gasteiger partial charge in [0.05, 0.1) is 29.3 Å². The van der Waals surface area contributed by atoms with E-state index in [1.54, 1.807) is 26.4 Å². The lowest BCUT2D eigenvalue weighted by atomic mass is 10.1. The first kappa shape index (κ1) is 25.3. The molecule has 0 spiro atoms. The van der Waals surface area contributed by atoms with Crippen LogP contribution in [-0.4, -0.2) is 24.4 Å². The Hall–Kier alpha value is -3.33. The Bertz CT molecular complexity index is 1530. The summed E-state index contributed by atoms with van der Waals surface area (Å²) in [6, 6.07) is 25.4. The summed E-state index contributed by atoms with van der Waals surface area (Å²) in [7, 11) is 3.20. The molecule has 5 nitrogen and oxygen atoms in total. The number of anilines is 1. The van der Waals surface area contributed by atoms with Crippen LogP contribution in [-0.2, 0) is 11.4 Å². The summed E-state index contributed by atoms with van der Waals surface area (Å²) in [6.07, 6.45) is 1.81. The number of thiocarbonyl (C=S) groups is 1. The monoisotopic (exact) mass is 591 g/mol. The Labute approximate surface area is 233 Å². The van der Waals surface area contributed by atoms with Crippen molar-refractivity contribution in [3.05, 3.63) is 99.4 Å². The molecule has 1 amide bonds. The number of fused-ring (bicyclic) bond motifs is 1. The van der Waals surface area contributed by atoms with Gasteiger partial charge >= 0.3 is 0 Å². The topological polar surface area (TPSA) is 48.0 Å². The summed E-state index contributed by atoms with van der Waals surface area (Å²) in [6.45, 7) is 0.385. The smallest absolute Gasteiger partial charge is 0.270 e. The Balaban J connectivity index is 1.39. The van der Waals surface area contributed by atoms with Crippen molar-refractivity contribution >= 4 is 72.7 Å². The molecule has 0 aliphatic carbocycles. The second-order valence-electron chi connectivity index (χ2n) is 8.18. The van der Waals surface area contributed by atoms with Crippen LogP contribution in [0, 0.1) is 0 Å². The van der Waals surface area contributed by atoms with Crippen molar-refractivity contribution in [2.75, 3.05) is 19.1 Å². The number of halogens is 1. The van der Waals surface area contributed by atoms with Crippen LogP contribution >= 0.6 is 39.9 Å². The fourth-order valence-corrected chi connectivity index (χ4v) is 5.98. The van der Waals surface area contributed by atoms with Crippen LogP contribution in [0.3, 0.4) is 0 Å². The zero-order valence-corrected chi connectivity index (χ0v) is 23.3. The number of thioether (sulfide) groups is 1. The number of rotatable bonds is 7. The van der Waals surface area contributed by atoms with E-state index in [9.17, 15) is 4.79 Å². The van der Waals surface area contributed by atoms with Crippen molar-refractivity contribution in [2.45, 2.75) is 6.61 Å². The van der Waals surface area contributed by atoms with Gasteiger partial charge in [-0.05, 0) is 80.3 Å². The molecule has 1 saturated heterocycles. The van der Waals surface area contributed by atoms with Crippen LogP contribution in [0.25, 0.3) is 16.8 Å². The summed E-state index contributed by atoms with van der Waals surface area (Å²) in [5.41, 5.74) is 2.57.